The molecule has 2 heterocycles. The van der Waals surface area contributed by atoms with Crippen LogP contribution in [0, 0.1) is 3.70 Å². The predicted octanol–water partition coefficient (Wildman–Crippen LogP) is 1.64. The van der Waals surface area contributed by atoms with Crippen LogP contribution in [0.15, 0.2) is 24.5 Å². The fourth-order valence-corrected chi connectivity index (χ4v) is 1.73. The van der Waals surface area contributed by atoms with E-state index in [0.717, 1.165) is 9.22 Å². The van der Waals surface area contributed by atoms with Crippen LogP contribution < -0.4 is 0 Å². The highest BCUT2D eigenvalue weighted by Crippen LogP contribution is 2.13. The number of nitrogens with zero attached hydrogens (tertiary/aromatic N) is 2. The van der Waals surface area contributed by atoms with Gasteiger partial charge in [0.2, 0.25) is 0 Å². The zero-order chi connectivity index (χ0) is 9.42. The molecule has 0 saturated heterocycles. The molecule has 0 saturated carbocycles. The second-order valence-corrected chi connectivity index (χ2v) is 3.53. The van der Waals surface area contributed by atoms with Gasteiger partial charge in [0, 0.05) is 0 Å². The van der Waals surface area contributed by atoms with E-state index in [1.165, 1.54) is 6.33 Å². The lowest BCUT2D eigenvalue weighted by Gasteiger charge is -1.98. The highest BCUT2D eigenvalue weighted by Gasteiger charge is 2.09. The molecule has 1 N–H and O–H groups in total. The molecule has 0 spiro atoms. The van der Waals surface area contributed by atoms with E-state index in [0.29, 0.717) is 0 Å². The summed E-state index contributed by atoms with van der Waals surface area (Å²) >= 11 is 2.07. The van der Waals surface area contributed by atoms with Crippen molar-refractivity contribution in [2.75, 3.05) is 0 Å². The number of aromatic carboxylic acids is 1. The van der Waals surface area contributed by atoms with Crippen molar-refractivity contribution in [1.29, 1.82) is 0 Å². The van der Waals surface area contributed by atoms with E-state index in [4.69, 9.17) is 5.11 Å². The van der Waals surface area contributed by atoms with E-state index >= 15 is 0 Å². The van der Waals surface area contributed by atoms with Gasteiger partial charge in [-0.25, -0.2) is 9.78 Å². The highest BCUT2D eigenvalue weighted by atomic mass is 127. The monoisotopic (exact) mass is 288 g/mol. The summed E-state index contributed by atoms with van der Waals surface area (Å²) in [5, 5.41) is 8.84. The van der Waals surface area contributed by atoms with Gasteiger partial charge in [0.15, 0.2) is 0 Å². The summed E-state index contributed by atoms with van der Waals surface area (Å²) in [7, 11) is 0. The first-order valence-electron chi connectivity index (χ1n) is 3.55. The number of rotatable bonds is 1. The first-order valence-corrected chi connectivity index (χ1v) is 4.63. The van der Waals surface area contributed by atoms with Gasteiger partial charge in [0.1, 0.15) is 15.7 Å². The van der Waals surface area contributed by atoms with Crippen LogP contribution >= 0.6 is 22.6 Å². The summed E-state index contributed by atoms with van der Waals surface area (Å²) in [6.07, 6.45) is 1.51. The standard InChI is InChI=1S/C8H5IN2O2/c9-7-5-2-1-3-6(8(12)13)11(5)4-10-7/h1-4H,(H,12,13). The molecule has 0 aliphatic carbocycles. The predicted molar refractivity (Wildman–Crippen MR) is 54.9 cm³/mol. The Kier molecular flexibility index (Phi) is 1.95. The van der Waals surface area contributed by atoms with E-state index in [2.05, 4.69) is 27.6 Å². The number of imidazole rings is 1. The molecule has 2 aromatic rings. The lowest BCUT2D eigenvalue weighted by molar-refractivity contribution is 0.0689. The molecule has 0 amide bonds. The number of hydrogen-bond acceptors (Lipinski definition) is 2. The zero-order valence-electron chi connectivity index (χ0n) is 6.44. The average Bonchev–Trinajstić information content (AvgIpc) is 2.48. The lowest BCUT2D eigenvalue weighted by Crippen LogP contribution is -2.03. The Morgan fingerprint density at radius 3 is 3.00 bits per heavy atom. The van der Waals surface area contributed by atoms with Crippen LogP contribution in [0.2, 0.25) is 0 Å². The summed E-state index contributed by atoms with van der Waals surface area (Å²) < 4.78 is 2.37. The Bertz CT molecular complexity index is 478. The second-order valence-electron chi connectivity index (χ2n) is 2.51. The largest absolute Gasteiger partial charge is 0.477 e. The number of carboxylic acids is 1. The quantitative estimate of drug-likeness (QED) is 0.812. The van der Waals surface area contributed by atoms with Gasteiger partial charge >= 0.3 is 5.97 Å². The van der Waals surface area contributed by atoms with E-state index < -0.39 is 5.97 Å². The van der Waals surface area contributed by atoms with E-state index in [1.807, 2.05) is 6.07 Å². The van der Waals surface area contributed by atoms with Crippen LogP contribution in [0.4, 0.5) is 0 Å². The van der Waals surface area contributed by atoms with E-state index in [9.17, 15) is 4.79 Å². The normalized spacial score (nSPS) is 10.5. The molecule has 0 fully saturated rings. The van der Waals surface area contributed by atoms with Gasteiger partial charge in [-0.3, -0.25) is 4.40 Å². The average molecular weight is 288 g/mol. The SMILES string of the molecule is O=C(O)c1cccc2c(I)ncn12. The molecular formula is C8H5IN2O2. The van der Waals surface area contributed by atoms with E-state index in [1.54, 1.807) is 16.5 Å². The minimum Gasteiger partial charge on any atom is -0.477 e. The van der Waals surface area contributed by atoms with Gasteiger partial charge in [-0.05, 0) is 34.7 Å². The first kappa shape index (κ1) is 8.49. The third kappa shape index (κ3) is 1.28. The highest BCUT2D eigenvalue weighted by molar-refractivity contribution is 14.1. The third-order valence-corrected chi connectivity index (χ3v) is 2.58. The molecular weight excluding hydrogens is 283 g/mol. The maximum absolute atomic E-state index is 10.8. The Balaban J connectivity index is 2.84. The third-order valence-electron chi connectivity index (χ3n) is 1.74. The van der Waals surface area contributed by atoms with Gasteiger partial charge in [0.05, 0.1) is 5.52 Å². The number of halogens is 1. The van der Waals surface area contributed by atoms with Crippen LogP contribution in [0.25, 0.3) is 5.52 Å². The van der Waals surface area contributed by atoms with Crippen molar-refractivity contribution in [1.82, 2.24) is 9.38 Å². The fourth-order valence-electron chi connectivity index (χ4n) is 1.16. The van der Waals surface area contributed by atoms with Gasteiger partial charge in [0.25, 0.3) is 0 Å². The van der Waals surface area contributed by atoms with Crippen molar-refractivity contribution < 1.29 is 9.90 Å². The van der Waals surface area contributed by atoms with Gasteiger partial charge < -0.3 is 5.11 Å². The number of pyridine rings is 1. The second kappa shape index (κ2) is 2.99. The van der Waals surface area contributed by atoms with Gasteiger partial charge in [-0.2, -0.15) is 0 Å². The molecule has 0 atom stereocenters. The van der Waals surface area contributed by atoms with Crippen molar-refractivity contribution in [2.45, 2.75) is 0 Å². The smallest absolute Gasteiger partial charge is 0.352 e. The Labute approximate surface area is 87.4 Å². The number of hydrogen-bond donors (Lipinski definition) is 1. The first-order chi connectivity index (χ1) is 6.20. The van der Waals surface area contributed by atoms with Crippen LogP contribution in [0.3, 0.4) is 0 Å². The van der Waals surface area contributed by atoms with E-state index in [-0.39, 0.29) is 5.69 Å². The maximum atomic E-state index is 10.8. The van der Waals surface area contributed by atoms with Crippen molar-refractivity contribution in [3.63, 3.8) is 0 Å². The summed E-state index contributed by atoms with van der Waals surface area (Å²) in [5.41, 5.74) is 1.05. The minimum atomic E-state index is -0.945. The molecule has 0 bridgehead atoms. The van der Waals surface area contributed by atoms with Crippen LogP contribution in [0.5, 0.6) is 0 Å². The molecule has 0 aliphatic rings. The van der Waals surface area contributed by atoms with Crippen LogP contribution in [-0.4, -0.2) is 20.5 Å². The van der Waals surface area contributed by atoms with Gasteiger partial charge in [-0.1, -0.05) is 6.07 Å². The number of aromatic nitrogens is 2. The van der Waals surface area contributed by atoms with Crippen molar-refractivity contribution >= 4 is 34.1 Å². The fraction of sp³-hybridized carbons (Fsp3) is 0. The van der Waals surface area contributed by atoms with Crippen molar-refractivity contribution in [2.24, 2.45) is 0 Å². The Morgan fingerprint density at radius 1 is 1.54 bits per heavy atom. The zero-order valence-corrected chi connectivity index (χ0v) is 8.59. The molecule has 0 radical (unpaired) electrons. The molecule has 0 unspecified atom stereocenters. The van der Waals surface area contributed by atoms with Crippen molar-refractivity contribution in [3.8, 4) is 0 Å². The molecule has 5 heteroatoms. The summed E-state index contributed by atoms with van der Waals surface area (Å²) in [6, 6.07) is 5.09. The van der Waals surface area contributed by atoms with Crippen LogP contribution in [0.1, 0.15) is 10.5 Å². The molecule has 4 nitrogen and oxygen atoms in total. The summed E-state index contributed by atoms with van der Waals surface area (Å²) in [4.78, 5) is 14.8. The number of carboxylic acid groups (broad SMARTS) is 1. The number of fused-ring (bicyclic) bond motifs is 1. The summed E-state index contributed by atoms with van der Waals surface area (Å²) in [6.45, 7) is 0. The maximum Gasteiger partial charge on any atom is 0.352 e. The molecule has 0 aromatic carbocycles. The van der Waals surface area contributed by atoms with Gasteiger partial charge in [-0.15, -0.1) is 0 Å². The topological polar surface area (TPSA) is 54.6 Å². The molecule has 0 aliphatic heterocycles. The van der Waals surface area contributed by atoms with Crippen LogP contribution in [-0.2, 0) is 0 Å². The molecule has 2 rings (SSSR count). The minimum absolute atomic E-state index is 0.230. The molecule has 2 aromatic heterocycles. The Morgan fingerprint density at radius 2 is 2.31 bits per heavy atom. The number of carbonyl (C=O) groups is 1. The molecule has 13 heavy (non-hydrogen) atoms. The van der Waals surface area contributed by atoms with Crippen molar-refractivity contribution in [3.05, 3.63) is 33.9 Å². The lowest BCUT2D eigenvalue weighted by atomic mass is 10.3. The molecule has 66 valence electrons. The summed E-state index contributed by atoms with van der Waals surface area (Å²) in [5.74, 6) is -0.945. The Hall–Kier alpha value is -1.11.